The number of halogens is 2. The molecule has 0 radical (unpaired) electrons. The van der Waals surface area contributed by atoms with E-state index in [9.17, 15) is 14.0 Å². The fourth-order valence-electron chi connectivity index (χ4n) is 4.61. The Balaban J connectivity index is 1.42. The third kappa shape index (κ3) is 3.01. The largest absolute Gasteiger partial charge is 0.353 e. The van der Waals surface area contributed by atoms with Crippen molar-refractivity contribution in [2.75, 3.05) is 18.0 Å². The molecule has 4 aromatic heterocycles. The van der Waals surface area contributed by atoms with Crippen molar-refractivity contribution in [2.24, 2.45) is 0 Å². The molecule has 0 aliphatic carbocycles. The number of hydrogen-bond donors (Lipinski definition) is 1. The van der Waals surface area contributed by atoms with Crippen LogP contribution >= 0.6 is 0 Å². The van der Waals surface area contributed by atoms with Crippen molar-refractivity contribution in [3.63, 3.8) is 0 Å². The minimum Gasteiger partial charge on any atom is -0.353 e. The summed E-state index contributed by atoms with van der Waals surface area (Å²) in [5.74, 6) is 0.921. The predicted molar refractivity (Wildman–Crippen MR) is 113 cm³/mol. The van der Waals surface area contributed by atoms with Crippen LogP contribution in [0.5, 0.6) is 0 Å². The molecular formula is C22H18F2N8. The summed E-state index contributed by atoms with van der Waals surface area (Å²) >= 11 is 0. The van der Waals surface area contributed by atoms with Gasteiger partial charge in [0.2, 0.25) is 0 Å². The molecule has 8 nitrogen and oxygen atoms in total. The number of piperazine rings is 1. The molecule has 3 aliphatic rings. The third-order valence-electron chi connectivity index (χ3n) is 6.17. The summed E-state index contributed by atoms with van der Waals surface area (Å²) in [5, 5.41) is 21.1. The zero-order valence-electron chi connectivity index (χ0n) is 16.9. The van der Waals surface area contributed by atoms with Crippen LogP contribution in [0.1, 0.15) is 18.5 Å². The van der Waals surface area contributed by atoms with Gasteiger partial charge in [-0.15, -0.1) is 0 Å². The Kier molecular flexibility index (Phi) is 4.19. The van der Waals surface area contributed by atoms with E-state index in [4.69, 9.17) is 0 Å². The van der Waals surface area contributed by atoms with Crippen molar-refractivity contribution < 1.29 is 8.78 Å². The van der Waals surface area contributed by atoms with Crippen LogP contribution in [-0.4, -0.2) is 49.6 Å². The highest BCUT2D eigenvalue weighted by molar-refractivity contribution is 5.87. The first kappa shape index (κ1) is 18.9. The molecule has 7 heterocycles. The van der Waals surface area contributed by atoms with Crippen molar-refractivity contribution in [2.45, 2.75) is 25.1 Å². The van der Waals surface area contributed by atoms with E-state index in [1.54, 1.807) is 16.9 Å². The number of nitriles is 1. The van der Waals surface area contributed by atoms with E-state index in [1.165, 1.54) is 25.0 Å². The summed E-state index contributed by atoms with van der Waals surface area (Å²) in [6.07, 6.45) is 8.91. The topological polar surface area (TPSA) is 87.1 Å². The SMILES string of the molecule is N#Cc1cnn2cc(-c3cnn(C(F)F)c3)cc(-c3ccc(N4CC5CC(C4)N5)nc3)c12. The van der Waals surface area contributed by atoms with Crippen molar-refractivity contribution in [3.8, 4) is 28.3 Å². The molecule has 2 bridgehead atoms. The highest BCUT2D eigenvalue weighted by Gasteiger charge is 2.36. The lowest BCUT2D eigenvalue weighted by Crippen LogP contribution is -2.67. The number of anilines is 1. The molecular weight excluding hydrogens is 414 g/mol. The van der Waals surface area contributed by atoms with Crippen molar-refractivity contribution in [3.05, 3.63) is 54.7 Å². The van der Waals surface area contributed by atoms with E-state index in [-0.39, 0.29) is 0 Å². The van der Waals surface area contributed by atoms with Gasteiger partial charge in [-0.05, 0) is 24.6 Å². The van der Waals surface area contributed by atoms with Gasteiger partial charge in [0.15, 0.2) is 0 Å². The number of aromatic nitrogens is 5. The second-order valence-corrected chi connectivity index (χ2v) is 8.20. The Hall–Kier alpha value is -3.84. The zero-order chi connectivity index (χ0) is 21.8. The Morgan fingerprint density at radius 1 is 1.03 bits per heavy atom. The lowest BCUT2D eigenvalue weighted by molar-refractivity contribution is 0.0566. The summed E-state index contributed by atoms with van der Waals surface area (Å²) in [4.78, 5) is 6.96. The Labute approximate surface area is 181 Å². The first-order valence-corrected chi connectivity index (χ1v) is 10.3. The van der Waals surface area contributed by atoms with Gasteiger partial charge < -0.3 is 10.2 Å². The van der Waals surface area contributed by atoms with E-state index in [0.29, 0.717) is 39.0 Å². The molecule has 7 rings (SSSR count). The normalized spacial score (nSPS) is 19.9. The number of hydrogen-bond acceptors (Lipinski definition) is 6. The molecule has 0 aromatic carbocycles. The molecule has 3 fully saturated rings. The quantitative estimate of drug-likeness (QED) is 0.533. The number of fused-ring (bicyclic) bond motifs is 3. The maximum absolute atomic E-state index is 13.0. The number of alkyl halides is 2. The molecule has 0 saturated carbocycles. The fourth-order valence-corrected chi connectivity index (χ4v) is 4.61. The Bertz CT molecular complexity index is 1330. The number of piperidine rings is 1. The first-order valence-electron chi connectivity index (χ1n) is 10.3. The summed E-state index contributed by atoms with van der Waals surface area (Å²) in [6.45, 7) is -0.829. The van der Waals surface area contributed by atoms with Crippen molar-refractivity contribution in [1.82, 2.24) is 29.7 Å². The second kappa shape index (κ2) is 7.10. The number of pyridine rings is 2. The van der Waals surface area contributed by atoms with Gasteiger partial charge >= 0.3 is 6.55 Å². The maximum Gasteiger partial charge on any atom is 0.333 e. The van der Waals surface area contributed by atoms with Gasteiger partial charge in [0, 0.05) is 66.0 Å². The molecule has 2 atom stereocenters. The van der Waals surface area contributed by atoms with E-state index in [0.717, 1.165) is 30.0 Å². The van der Waals surface area contributed by atoms with Crippen LogP contribution in [0.2, 0.25) is 0 Å². The number of rotatable bonds is 4. The Morgan fingerprint density at radius 3 is 2.50 bits per heavy atom. The van der Waals surface area contributed by atoms with Gasteiger partial charge in [0.1, 0.15) is 11.9 Å². The third-order valence-corrected chi connectivity index (χ3v) is 6.17. The van der Waals surface area contributed by atoms with E-state index in [2.05, 4.69) is 31.5 Å². The number of nitrogens with zero attached hydrogens (tertiary/aromatic N) is 7. The van der Waals surface area contributed by atoms with Gasteiger partial charge in [0.25, 0.3) is 0 Å². The van der Waals surface area contributed by atoms with E-state index >= 15 is 0 Å². The zero-order valence-corrected chi connectivity index (χ0v) is 16.9. The minimum atomic E-state index is -2.71. The summed E-state index contributed by atoms with van der Waals surface area (Å²) < 4.78 is 28.2. The summed E-state index contributed by atoms with van der Waals surface area (Å²) in [7, 11) is 0. The van der Waals surface area contributed by atoms with Crippen LogP contribution in [0.4, 0.5) is 14.6 Å². The lowest BCUT2D eigenvalue weighted by Gasteiger charge is -2.48. The minimum absolute atomic E-state index is 0.432. The van der Waals surface area contributed by atoms with Crippen molar-refractivity contribution >= 4 is 11.3 Å². The molecule has 1 N–H and O–H groups in total. The predicted octanol–water partition coefficient (Wildman–Crippen LogP) is 3.08. The van der Waals surface area contributed by atoms with Crippen molar-refractivity contribution in [1.29, 1.82) is 5.26 Å². The van der Waals surface area contributed by atoms with Gasteiger partial charge in [-0.1, -0.05) is 0 Å². The van der Waals surface area contributed by atoms with Gasteiger partial charge in [-0.25, -0.2) is 14.2 Å². The second-order valence-electron chi connectivity index (χ2n) is 8.20. The summed E-state index contributed by atoms with van der Waals surface area (Å²) in [5.41, 5.74) is 3.85. The Morgan fingerprint density at radius 2 is 1.84 bits per heavy atom. The summed E-state index contributed by atoms with van der Waals surface area (Å²) in [6, 6.07) is 9.07. The maximum atomic E-state index is 13.0. The molecule has 0 amide bonds. The van der Waals surface area contributed by atoms with Crippen LogP contribution < -0.4 is 10.2 Å². The number of nitrogens with one attached hydrogen (secondary N) is 1. The molecule has 32 heavy (non-hydrogen) atoms. The smallest absolute Gasteiger partial charge is 0.333 e. The first-order chi connectivity index (χ1) is 15.6. The highest BCUT2D eigenvalue weighted by atomic mass is 19.3. The molecule has 10 heteroatoms. The van der Waals surface area contributed by atoms with Gasteiger partial charge in [0.05, 0.1) is 23.5 Å². The van der Waals surface area contributed by atoms with Crippen LogP contribution in [0, 0.1) is 11.3 Å². The molecule has 160 valence electrons. The van der Waals surface area contributed by atoms with Gasteiger partial charge in [-0.3, -0.25) is 0 Å². The monoisotopic (exact) mass is 432 g/mol. The fraction of sp³-hybridized carbons (Fsp3) is 0.273. The van der Waals surface area contributed by atoms with Crippen LogP contribution in [0.3, 0.4) is 0 Å². The van der Waals surface area contributed by atoms with Gasteiger partial charge in [-0.2, -0.15) is 24.2 Å². The van der Waals surface area contributed by atoms with E-state index < -0.39 is 6.55 Å². The standard InChI is InChI=1S/C22H18F2N8/c23-22(24)32-10-16(8-28-32)14-3-19(21-15(5-25)7-27-31(21)9-14)13-1-2-20(26-6-13)30-11-17-4-18(12-30)29-17/h1-3,6-10,17-18,22,29H,4,11-12H2. The van der Waals surface area contributed by atoms with E-state index in [1.807, 2.05) is 18.2 Å². The lowest BCUT2D eigenvalue weighted by atomic mass is 9.91. The van der Waals surface area contributed by atoms with Crippen LogP contribution in [0.25, 0.3) is 27.8 Å². The molecule has 2 unspecified atom stereocenters. The molecule has 3 saturated heterocycles. The average molecular weight is 432 g/mol. The average Bonchev–Trinajstić information content (AvgIpc) is 3.46. The van der Waals surface area contributed by atoms with Crippen LogP contribution in [-0.2, 0) is 0 Å². The molecule has 4 aromatic rings. The van der Waals surface area contributed by atoms with Crippen LogP contribution in [0.15, 0.2) is 49.2 Å². The molecule has 3 aliphatic heterocycles. The molecule has 0 spiro atoms. The highest BCUT2D eigenvalue weighted by Crippen LogP contribution is 2.33.